The molecule has 1 aromatic carbocycles. The minimum absolute atomic E-state index is 0.102. The van der Waals surface area contributed by atoms with Crippen LogP contribution in [0.5, 0.6) is 0 Å². The molecule has 3 aromatic rings. The van der Waals surface area contributed by atoms with Crippen molar-refractivity contribution in [3.63, 3.8) is 0 Å². The first kappa shape index (κ1) is 28.6. The zero-order valence-corrected chi connectivity index (χ0v) is 25.5. The van der Waals surface area contributed by atoms with Gasteiger partial charge in [0.1, 0.15) is 5.60 Å². The van der Waals surface area contributed by atoms with Crippen LogP contribution in [0.2, 0.25) is 5.02 Å². The quantitative estimate of drug-likeness (QED) is 0.301. The first-order valence-electron chi connectivity index (χ1n) is 14.5. The zero-order valence-electron chi connectivity index (χ0n) is 23.9. The molecule has 1 amide bonds. The Morgan fingerprint density at radius 1 is 1.20 bits per heavy atom. The second-order valence-corrected chi connectivity index (χ2v) is 13.7. The lowest BCUT2D eigenvalue weighted by Gasteiger charge is -2.38. The molecule has 5 heterocycles. The number of hydrogen-bond donors (Lipinski definition) is 0. The molecule has 0 spiro atoms. The second-order valence-electron chi connectivity index (χ2n) is 12.1. The molecule has 220 valence electrons. The van der Waals surface area contributed by atoms with Crippen molar-refractivity contribution in [2.45, 2.75) is 83.8 Å². The lowest BCUT2D eigenvalue weighted by molar-refractivity contribution is -0.168. The van der Waals surface area contributed by atoms with Gasteiger partial charge in [-0.25, -0.2) is 9.18 Å². The van der Waals surface area contributed by atoms with Gasteiger partial charge in [0, 0.05) is 59.0 Å². The van der Waals surface area contributed by atoms with Crippen molar-refractivity contribution in [2.75, 3.05) is 31.1 Å². The molecular formula is C31H37ClFN3O4S. The molecule has 2 atom stereocenters. The Morgan fingerprint density at radius 3 is 2.83 bits per heavy atom. The summed E-state index contributed by atoms with van der Waals surface area (Å²) in [5.74, 6) is -0.376. The highest BCUT2D eigenvalue weighted by Crippen LogP contribution is 2.46. The van der Waals surface area contributed by atoms with Gasteiger partial charge in [0.15, 0.2) is 12.1 Å². The normalized spacial score (nSPS) is 21.4. The van der Waals surface area contributed by atoms with Crippen molar-refractivity contribution in [1.82, 2.24) is 9.88 Å². The second kappa shape index (κ2) is 11.7. The van der Waals surface area contributed by atoms with E-state index in [1.807, 2.05) is 39.0 Å². The van der Waals surface area contributed by atoms with Crippen molar-refractivity contribution >= 4 is 44.9 Å². The standard InChI is InChI=1S/C31H37ClFN3O4S/c1-31(2,3)40-30(37)35-11-9-21(17-35)36-10-6-7-19-13-20(32)14-23(28(19)36)27-24(33)16-34-25-15-22(41-29(25)27)18-39-26-8-4-5-12-38-26/h13-16,21,26H,4-12,17-18H2,1-3H3. The molecule has 2 aromatic heterocycles. The summed E-state index contributed by atoms with van der Waals surface area (Å²) < 4.78 is 33.9. The van der Waals surface area contributed by atoms with Crippen LogP contribution in [-0.4, -0.2) is 60.2 Å². The van der Waals surface area contributed by atoms with Gasteiger partial charge in [0.25, 0.3) is 0 Å². The predicted octanol–water partition coefficient (Wildman–Crippen LogP) is 7.56. The molecule has 2 fully saturated rings. The molecule has 0 N–H and O–H groups in total. The average Bonchev–Trinajstić information content (AvgIpc) is 3.58. The van der Waals surface area contributed by atoms with E-state index in [2.05, 4.69) is 9.88 Å². The number of thiophene rings is 1. The zero-order chi connectivity index (χ0) is 28.7. The number of rotatable bonds is 5. The van der Waals surface area contributed by atoms with Gasteiger partial charge in [-0.2, -0.15) is 0 Å². The van der Waals surface area contributed by atoms with Gasteiger partial charge in [-0.05, 0) is 83.1 Å². The number of nitrogens with zero attached hydrogens (tertiary/aromatic N) is 3. The summed E-state index contributed by atoms with van der Waals surface area (Å²) in [6, 6.07) is 5.96. The number of halogens is 2. The number of aryl methyl sites for hydroxylation is 1. The van der Waals surface area contributed by atoms with E-state index in [-0.39, 0.29) is 24.2 Å². The Hall–Kier alpha value is -2.46. The van der Waals surface area contributed by atoms with E-state index in [0.29, 0.717) is 30.3 Å². The van der Waals surface area contributed by atoms with Crippen LogP contribution in [0.15, 0.2) is 24.4 Å². The first-order valence-corrected chi connectivity index (χ1v) is 15.7. The maximum absolute atomic E-state index is 15.8. The topological polar surface area (TPSA) is 64.1 Å². The third kappa shape index (κ3) is 6.19. The minimum atomic E-state index is -0.547. The third-order valence-electron chi connectivity index (χ3n) is 7.91. The number of amides is 1. The fourth-order valence-corrected chi connectivity index (χ4v) is 7.45. The van der Waals surface area contributed by atoms with E-state index in [9.17, 15) is 4.79 Å². The van der Waals surface area contributed by atoms with Gasteiger partial charge >= 0.3 is 6.09 Å². The highest BCUT2D eigenvalue weighted by atomic mass is 35.5. The molecule has 41 heavy (non-hydrogen) atoms. The molecule has 10 heteroatoms. The van der Waals surface area contributed by atoms with E-state index in [1.165, 1.54) is 17.5 Å². The summed E-state index contributed by atoms with van der Waals surface area (Å²) in [4.78, 5) is 22.3. The van der Waals surface area contributed by atoms with Crippen molar-refractivity contribution in [2.24, 2.45) is 0 Å². The summed E-state index contributed by atoms with van der Waals surface area (Å²) in [7, 11) is 0. The highest BCUT2D eigenvalue weighted by molar-refractivity contribution is 7.19. The summed E-state index contributed by atoms with van der Waals surface area (Å²) in [6.45, 7) is 8.78. The molecular weight excluding hydrogens is 565 g/mol. The highest BCUT2D eigenvalue weighted by Gasteiger charge is 2.36. The third-order valence-corrected chi connectivity index (χ3v) is 9.24. The molecule has 0 radical (unpaired) electrons. The van der Waals surface area contributed by atoms with E-state index in [1.54, 1.807) is 4.90 Å². The van der Waals surface area contributed by atoms with Crippen LogP contribution in [0.1, 0.15) is 63.3 Å². The molecule has 0 aliphatic carbocycles. The van der Waals surface area contributed by atoms with Gasteiger partial charge < -0.3 is 24.0 Å². The van der Waals surface area contributed by atoms with Crippen LogP contribution >= 0.6 is 22.9 Å². The lowest BCUT2D eigenvalue weighted by Crippen LogP contribution is -2.43. The first-order chi connectivity index (χ1) is 19.7. The van der Waals surface area contributed by atoms with E-state index in [0.717, 1.165) is 83.6 Å². The number of aromatic nitrogens is 1. The number of hydrogen-bond acceptors (Lipinski definition) is 7. The van der Waals surface area contributed by atoms with Crippen LogP contribution in [0.3, 0.4) is 0 Å². The molecule has 6 rings (SSSR count). The molecule has 3 aliphatic rings. The number of carbonyl (C=O) groups excluding carboxylic acids is 1. The van der Waals surface area contributed by atoms with Crippen LogP contribution < -0.4 is 4.90 Å². The minimum Gasteiger partial charge on any atom is -0.444 e. The molecule has 0 saturated carbocycles. The number of ether oxygens (including phenoxy) is 3. The Morgan fingerprint density at radius 2 is 2.05 bits per heavy atom. The fraction of sp³-hybridized carbons (Fsp3) is 0.548. The maximum Gasteiger partial charge on any atom is 0.410 e. The monoisotopic (exact) mass is 601 g/mol. The summed E-state index contributed by atoms with van der Waals surface area (Å²) in [5.41, 5.74) is 3.60. The number of benzene rings is 1. The number of carbonyl (C=O) groups is 1. The van der Waals surface area contributed by atoms with Gasteiger partial charge in [0.2, 0.25) is 0 Å². The number of anilines is 1. The predicted molar refractivity (Wildman–Crippen MR) is 160 cm³/mol. The molecule has 3 aliphatic heterocycles. The fourth-order valence-electron chi connectivity index (χ4n) is 6.13. The van der Waals surface area contributed by atoms with Crippen molar-refractivity contribution in [1.29, 1.82) is 0 Å². The Kier molecular flexibility index (Phi) is 8.15. The van der Waals surface area contributed by atoms with Gasteiger partial charge in [0.05, 0.1) is 23.0 Å². The summed E-state index contributed by atoms with van der Waals surface area (Å²) in [5, 5.41) is 0.585. The average molecular weight is 602 g/mol. The van der Waals surface area contributed by atoms with Crippen molar-refractivity contribution in [3.05, 3.63) is 45.7 Å². The summed E-state index contributed by atoms with van der Waals surface area (Å²) >= 11 is 8.16. The Bertz CT molecular complexity index is 1430. The Balaban J connectivity index is 1.33. The number of pyridine rings is 1. The van der Waals surface area contributed by atoms with Crippen molar-refractivity contribution < 1.29 is 23.4 Å². The Labute approximate surface area is 249 Å². The van der Waals surface area contributed by atoms with Crippen LogP contribution in [0.4, 0.5) is 14.9 Å². The van der Waals surface area contributed by atoms with Crippen LogP contribution in [0.25, 0.3) is 21.3 Å². The van der Waals surface area contributed by atoms with Gasteiger partial charge in [-0.15, -0.1) is 11.3 Å². The summed E-state index contributed by atoms with van der Waals surface area (Å²) in [6.07, 6.45) is 6.52. The maximum atomic E-state index is 15.8. The van der Waals surface area contributed by atoms with Crippen LogP contribution in [-0.2, 0) is 27.2 Å². The number of likely N-dealkylation sites (tertiary alicyclic amines) is 1. The van der Waals surface area contributed by atoms with E-state index in [4.69, 9.17) is 25.8 Å². The van der Waals surface area contributed by atoms with Gasteiger partial charge in [-0.3, -0.25) is 4.98 Å². The lowest BCUT2D eigenvalue weighted by atomic mass is 9.92. The van der Waals surface area contributed by atoms with E-state index < -0.39 is 5.60 Å². The van der Waals surface area contributed by atoms with E-state index >= 15 is 4.39 Å². The smallest absolute Gasteiger partial charge is 0.410 e. The largest absolute Gasteiger partial charge is 0.444 e. The molecule has 0 bridgehead atoms. The van der Waals surface area contributed by atoms with Gasteiger partial charge in [-0.1, -0.05) is 11.6 Å². The molecule has 2 unspecified atom stereocenters. The number of fused-ring (bicyclic) bond motifs is 2. The SMILES string of the molecule is CC(C)(C)OC(=O)N1CCC(N2CCCc3cc(Cl)cc(-c4c(F)cnc5cc(COC6CCCCO6)sc45)c32)C1. The molecule has 7 nitrogen and oxygen atoms in total. The van der Waals surface area contributed by atoms with Crippen molar-refractivity contribution in [3.8, 4) is 11.1 Å². The molecule has 2 saturated heterocycles. The van der Waals surface area contributed by atoms with Crippen LogP contribution in [0, 0.1) is 5.82 Å².